The van der Waals surface area contributed by atoms with Crippen molar-refractivity contribution in [2.24, 2.45) is 0 Å². The summed E-state index contributed by atoms with van der Waals surface area (Å²) in [6, 6.07) is 5.03. The molecular weight excluding hydrogens is 258 g/mol. The Balaban J connectivity index is 1.49. The maximum Gasteiger partial charge on any atom is 0.0544 e. The molecule has 1 saturated carbocycles. The van der Waals surface area contributed by atoms with Crippen molar-refractivity contribution in [2.45, 2.75) is 32.0 Å². The number of nitrogens with one attached hydrogen (secondary N) is 1. The van der Waals surface area contributed by atoms with E-state index in [2.05, 4.69) is 27.3 Å². The zero-order valence-electron chi connectivity index (χ0n) is 11.2. The molecule has 1 aromatic heterocycles. The molecule has 1 saturated heterocycles. The molecule has 0 aromatic carbocycles. The molecule has 0 bridgehead atoms. The predicted octanol–water partition coefficient (Wildman–Crippen LogP) is 0.898. The lowest BCUT2D eigenvalue weighted by atomic mass is 10.2. The van der Waals surface area contributed by atoms with Crippen LogP contribution < -0.4 is 5.32 Å². The molecule has 2 fully saturated rings. The van der Waals surface area contributed by atoms with Gasteiger partial charge in [0.25, 0.3) is 0 Å². The van der Waals surface area contributed by atoms with Crippen LogP contribution in [0.15, 0.2) is 18.3 Å². The highest BCUT2D eigenvalue weighted by Gasteiger charge is 2.20. The highest BCUT2D eigenvalue weighted by Crippen LogP contribution is 2.19. The van der Waals surface area contributed by atoms with Crippen LogP contribution in [0, 0.1) is 0 Å². The minimum absolute atomic E-state index is 0.594. The van der Waals surface area contributed by atoms with Gasteiger partial charge in [-0.1, -0.05) is 6.07 Å². The summed E-state index contributed by atoms with van der Waals surface area (Å²) in [5.74, 6) is 1.62. The summed E-state index contributed by atoms with van der Waals surface area (Å²) < 4.78 is 11.3. The Hall–Kier alpha value is -0.780. The molecule has 4 nitrogen and oxygen atoms in total. The molecule has 5 heteroatoms. The Bertz CT molecular complexity index is 435. The number of aromatic nitrogens is 1. The van der Waals surface area contributed by atoms with Gasteiger partial charge in [0.15, 0.2) is 0 Å². The van der Waals surface area contributed by atoms with Gasteiger partial charge in [0.1, 0.15) is 0 Å². The van der Waals surface area contributed by atoms with Crippen molar-refractivity contribution in [2.75, 3.05) is 24.6 Å². The molecular formula is C14H21N3OS. The Morgan fingerprint density at radius 3 is 2.74 bits per heavy atom. The largest absolute Gasteiger partial charge is 0.310 e. The summed E-state index contributed by atoms with van der Waals surface area (Å²) in [4.78, 5) is 6.87. The monoisotopic (exact) mass is 279 g/mol. The van der Waals surface area contributed by atoms with Crippen molar-refractivity contribution in [1.29, 1.82) is 0 Å². The van der Waals surface area contributed by atoms with Crippen molar-refractivity contribution >= 4 is 10.8 Å². The lowest BCUT2D eigenvalue weighted by Crippen LogP contribution is -2.37. The fourth-order valence-electron chi connectivity index (χ4n) is 2.27. The minimum atomic E-state index is -0.594. The molecule has 0 radical (unpaired) electrons. The van der Waals surface area contributed by atoms with E-state index in [-0.39, 0.29) is 0 Å². The van der Waals surface area contributed by atoms with Crippen molar-refractivity contribution < 1.29 is 4.21 Å². The van der Waals surface area contributed by atoms with E-state index < -0.39 is 10.8 Å². The molecule has 0 amide bonds. The summed E-state index contributed by atoms with van der Waals surface area (Å²) in [6.45, 7) is 3.67. The highest BCUT2D eigenvalue weighted by molar-refractivity contribution is 7.85. The van der Waals surface area contributed by atoms with Crippen LogP contribution >= 0.6 is 0 Å². The molecule has 2 aliphatic rings. The molecule has 1 aliphatic heterocycles. The summed E-state index contributed by atoms with van der Waals surface area (Å²) in [5, 5.41) is 3.49. The number of hydrogen-bond donors (Lipinski definition) is 1. The van der Waals surface area contributed by atoms with E-state index >= 15 is 0 Å². The van der Waals surface area contributed by atoms with Gasteiger partial charge in [-0.2, -0.15) is 0 Å². The molecule has 104 valence electrons. The first-order valence-corrected chi connectivity index (χ1v) is 8.53. The van der Waals surface area contributed by atoms with E-state index in [1.54, 1.807) is 0 Å². The Kier molecular flexibility index (Phi) is 4.25. The lowest BCUT2D eigenvalue weighted by molar-refractivity contribution is 0.288. The third-order valence-electron chi connectivity index (χ3n) is 3.71. The van der Waals surface area contributed by atoms with E-state index in [1.807, 2.05) is 6.20 Å². The van der Waals surface area contributed by atoms with Crippen LogP contribution in [0.3, 0.4) is 0 Å². The van der Waals surface area contributed by atoms with Gasteiger partial charge in [0.2, 0.25) is 0 Å². The van der Waals surface area contributed by atoms with Gasteiger partial charge < -0.3 is 5.32 Å². The van der Waals surface area contributed by atoms with Crippen molar-refractivity contribution in [3.05, 3.63) is 29.6 Å². The summed E-state index contributed by atoms with van der Waals surface area (Å²) in [5.41, 5.74) is 2.37. The van der Waals surface area contributed by atoms with Gasteiger partial charge in [-0.25, -0.2) is 0 Å². The Morgan fingerprint density at radius 2 is 2.11 bits per heavy atom. The number of hydrogen-bond acceptors (Lipinski definition) is 4. The summed E-state index contributed by atoms with van der Waals surface area (Å²) in [7, 11) is -0.594. The van der Waals surface area contributed by atoms with Crippen molar-refractivity contribution in [3.8, 4) is 0 Å². The third-order valence-corrected chi connectivity index (χ3v) is 4.99. The van der Waals surface area contributed by atoms with E-state index in [9.17, 15) is 4.21 Å². The second-order valence-electron chi connectivity index (χ2n) is 5.44. The van der Waals surface area contributed by atoms with Gasteiger partial charge in [-0.3, -0.25) is 14.1 Å². The van der Waals surface area contributed by atoms with Gasteiger partial charge in [-0.15, -0.1) is 0 Å². The smallest absolute Gasteiger partial charge is 0.0544 e. The zero-order valence-corrected chi connectivity index (χ0v) is 12.0. The SMILES string of the molecule is O=S1CCN(Cc2ccc(CNC3CC3)cn2)CC1. The Morgan fingerprint density at radius 1 is 1.32 bits per heavy atom. The maximum atomic E-state index is 11.3. The van der Waals surface area contributed by atoms with Gasteiger partial charge in [0, 0.05) is 60.7 Å². The average molecular weight is 279 g/mol. The van der Waals surface area contributed by atoms with Gasteiger partial charge in [-0.05, 0) is 24.5 Å². The first-order chi connectivity index (χ1) is 9.29. The molecule has 19 heavy (non-hydrogen) atoms. The normalized spacial score (nSPS) is 21.7. The van der Waals surface area contributed by atoms with Crippen LogP contribution in [0.5, 0.6) is 0 Å². The van der Waals surface area contributed by atoms with Gasteiger partial charge in [0.05, 0.1) is 5.69 Å². The molecule has 2 heterocycles. The van der Waals surface area contributed by atoms with Crippen LogP contribution in [-0.2, 0) is 23.9 Å². The fourth-order valence-corrected chi connectivity index (χ4v) is 3.39. The molecule has 0 atom stereocenters. The highest BCUT2D eigenvalue weighted by atomic mass is 32.2. The Labute approximate surface area is 117 Å². The standard InChI is InChI=1S/C14H21N3OS/c18-19-7-5-17(6-8-19)11-14-2-1-12(10-16-14)9-15-13-3-4-13/h1-2,10,13,15H,3-9,11H2. The first-order valence-electron chi connectivity index (χ1n) is 7.04. The molecule has 1 N–H and O–H groups in total. The van der Waals surface area contributed by atoms with Crippen molar-refractivity contribution in [1.82, 2.24) is 15.2 Å². The summed E-state index contributed by atoms with van der Waals surface area (Å²) in [6.07, 6.45) is 4.62. The second-order valence-corrected chi connectivity index (χ2v) is 7.13. The fraction of sp³-hybridized carbons (Fsp3) is 0.643. The zero-order chi connectivity index (χ0) is 13.1. The second kappa shape index (κ2) is 6.11. The van der Waals surface area contributed by atoms with E-state index in [4.69, 9.17) is 0 Å². The topological polar surface area (TPSA) is 45.2 Å². The van der Waals surface area contributed by atoms with Crippen LogP contribution in [0.2, 0.25) is 0 Å². The van der Waals surface area contributed by atoms with Crippen LogP contribution in [0.25, 0.3) is 0 Å². The molecule has 1 aliphatic carbocycles. The van der Waals surface area contributed by atoms with Crippen molar-refractivity contribution in [3.63, 3.8) is 0 Å². The molecule has 0 spiro atoms. The minimum Gasteiger partial charge on any atom is -0.310 e. The number of nitrogens with zero attached hydrogens (tertiary/aromatic N) is 2. The van der Waals surface area contributed by atoms with E-state index in [1.165, 1.54) is 18.4 Å². The van der Waals surface area contributed by atoms with Crippen LogP contribution in [-0.4, -0.2) is 44.7 Å². The quantitative estimate of drug-likeness (QED) is 0.870. The van der Waals surface area contributed by atoms with Gasteiger partial charge >= 0.3 is 0 Å². The molecule has 1 aromatic rings. The van der Waals surface area contributed by atoms with E-state index in [0.717, 1.165) is 49.4 Å². The number of rotatable bonds is 5. The average Bonchev–Trinajstić information content (AvgIpc) is 3.25. The lowest BCUT2D eigenvalue weighted by Gasteiger charge is -2.25. The van der Waals surface area contributed by atoms with Crippen LogP contribution in [0.4, 0.5) is 0 Å². The third kappa shape index (κ3) is 4.09. The van der Waals surface area contributed by atoms with Crippen LogP contribution in [0.1, 0.15) is 24.1 Å². The molecule has 0 unspecified atom stereocenters. The number of pyridine rings is 1. The first kappa shape index (κ1) is 13.2. The van der Waals surface area contributed by atoms with E-state index in [0.29, 0.717) is 0 Å². The summed E-state index contributed by atoms with van der Waals surface area (Å²) >= 11 is 0. The predicted molar refractivity (Wildman–Crippen MR) is 77.3 cm³/mol. The maximum absolute atomic E-state index is 11.3. The molecule has 3 rings (SSSR count).